The predicted octanol–water partition coefficient (Wildman–Crippen LogP) is 4.74. The summed E-state index contributed by atoms with van der Waals surface area (Å²) in [4.78, 5) is 24.8. The number of piperidine rings is 1. The summed E-state index contributed by atoms with van der Waals surface area (Å²) >= 11 is 0. The lowest BCUT2D eigenvalue weighted by atomic mass is 9.88. The maximum absolute atomic E-state index is 13.9. The van der Waals surface area contributed by atoms with Crippen molar-refractivity contribution >= 4 is 0 Å². The molecule has 1 aliphatic rings. The van der Waals surface area contributed by atoms with Gasteiger partial charge in [0, 0.05) is 24.3 Å². The van der Waals surface area contributed by atoms with Crippen LogP contribution < -0.4 is 5.56 Å². The number of benzene rings is 1. The first-order valence-corrected chi connectivity index (χ1v) is 12.6. The van der Waals surface area contributed by atoms with Crippen LogP contribution in [0.25, 0.3) is 0 Å². The van der Waals surface area contributed by atoms with Crippen LogP contribution in [0.3, 0.4) is 0 Å². The Morgan fingerprint density at radius 2 is 1.69 bits per heavy atom. The molecule has 0 amide bonds. The third-order valence-corrected chi connectivity index (χ3v) is 7.25. The first-order chi connectivity index (χ1) is 17.6. The molecule has 0 spiro atoms. The van der Waals surface area contributed by atoms with Crippen molar-refractivity contribution in [2.45, 2.75) is 38.8 Å². The molecule has 1 atom stereocenters. The molecule has 3 aromatic heterocycles. The fraction of sp³-hybridized carbons (Fsp3) is 0.300. The first kappa shape index (κ1) is 23.9. The number of aromatic nitrogens is 3. The van der Waals surface area contributed by atoms with Crippen molar-refractivity contribution in [2.75, 3.05) is 13.1 Å². The maximum Gasteiger partial charge on any atom is 0.260 e. The average molecular weight is 481 g/mol. The smallest absolute Gasteiger partial charge is 0.260 e. The molecular formula is C30H32N4O2. The molecule has 1 aliphatic heterocycles. The van der Waals surface area contributed by atoms with E-state index in [4.69, 9.17) is 0 Å². The van der Waals surface area contributed by atoms with Gasteiger partial charge in [-0.05, 0) is 86.7 Å². The van der Waals surface area contributed by atoms with Gasteiger partial charge in [-0.3, -0.25) is 19.7 Å². The van der Waals surface area contributed by atoms with Gasteiger partial charge in [-0.1, -0.05) is 36.4 Å². The summed E-state index contributed by atoms with van der Waals surface area (Å²) in [6, 6.07) is 21.6. The number of nitrogens with zero attached hydrogens (tertiary/aromatic N) is 4. The normalized spacial score (nSPS) is 15.6. The van der Waals surface area contributed by atoms with E-state index in [2.05, 4.69) is 45.2 Å². The lowest BCUT2D eigenvalue weighted by Gasteiger charge is -2.38. The standard InChI is InChI=1S/C30H32N4O2/c1-22-19-27(35)28(30(36)34(22)21-26-9-5-6-14-32-26)29(25-10-15-31-16-11-25)33-17-12-24(13-18-33)20-23-7-3-2-4-8-23/h2-11,14-16,19,24,29,35H,12-13,17-18,20-21H2,1H3. The topological polar surface area (TPSA) is 71.2 Å². The van der Waals surface area contributed by atoms with Crippen molar-refractivity contribution in [1.29, 1.82) is 0 Å². The highest BCUT2D eigenvalue weighted by Gasteiger charge is 2.32. The van der Waals surface area contributed by atoms with E-state index in [0.29, 0.717) is 23.7 Å². The zero-order chi connectivity index (χ0) is 24.9. The highest BCUT2D eigenvalue weighted by atomic mass is 16.3. The van der Waals surface area contributed by atoms with E-state index in [1.165, 1.54) is 5.56 Å². The molecule has 36 heavy (non-hydrogen) atoms. The summed E-state index contributed by atoms with van der Waals surface area (Å²) in [5, 5.41) is 11.1. The Bertz CT molecular complexity index is 1330. The number of rotatable bonds is 7. The number of aryl methyl sites for hydroxylation is 1. The van der Waals surface area contributed by atoms with E-state index in [-0.39, 0.29) is 17.4 Å². The van der Waals surface area contributed by atoms with Crippen molar-refractivity contribution in [2.24, 2.45) is 5.92 Å². The Hall–Kier alpha value is -3.77. The fourth-order valence-corrected chi connectivity index (χ4v) is 5.34. The van der Waals surface area contributed by atoms with Gasteiger partial charge in [-0.2, -0.15) is 0 Å². The molecular weight excluding hydrogens is 448 g/mol. The molecule has 0 bridgehead atoms. The molecule has 0 saturated carbocycles. The van der Waals surface area contributed by atoms with Gasteiger partial charge < -0.3 is 9.67 Å². The van der Waals surface area contributed by atoms with E-state index >= 15 is 0 Å². The summed E-state index contributed by atoms with van der Waals surface area (Å²) in [6.45, 7) is 3.93. The third kappa shape index (κ3) is 5.24. The molecule has 1 aromatic carbocycles. The summed E-state index contributed by atoms with van der Waals surface area (Å²) in [5.74, 6) is 0.650. The minimum atomic E-state index is -0.339. The highest BCUT2D eigenvalue weighted by molar-refractivity contribution is 5.41. The molecule has 6 heteroatoms. The van der Waals surface area contributed by atoms with Gasteiger partial charge >= 0.3 is 0 Å². The van der Waals surface area contributed by atoms with Crippen molar-refractivity contribution in [3.05, 3.63) is 124 Å². The molecule has 1 N–H and O–H groups in total. The van der Waals surface area contributed by atoms with E-state index in [1.807, 2.05) is 37.3 Å². The molecule has 1 fully saturated rings. The molecule has 6 nitrogen and oxygen atoms in total. The van der Waals surface area contributed by atoms with E-state index in [9.17, 15) is 9.90 Å². The zero-order valence-electron chi connectivity index (χ0n) is 20.6. The fourth-order valence-electron chi connectivity index (χ4n) is 5.34. The second kappa shape index (κ2) is 10.9. The summed E-state index contributed by atoms with van der Waals surface area (Å²) < 4.78 is 1.72. The second-order valence-corrected chi connectivity index (χ2v) is 9.65. The van der Waals surface area contributed by atoms with Crippen LogP contribution in [0, 0.1) is 12.8 Å². The summed E-state index contributed by atoms with van der Waals surface area (Å²) in [6.07, 6.45) is 8.40. The van der Waals surface area contributed by atoms with Crippen LogP contribution in [0.4, 0.5) is 0 Å². The van der Waals surface area contributed by atoms with Gasteiger partial charge in [-0.25, -0.2) is 0 Å². The van der Waals surface area contributed by atoms with Crippen LogP contribution >= 0.6 is 0 Å². The molecule has 4 aromatic rings. The molecule has 0 radical (unpaired) electrons. The number of likely N-dealkylation sites (tertiary alicyclic amines) is 1. The quantitative estimate of drug-likeness (QED) is 0.414. The van der Waals surface area contributed by atoms with Gasteiger partial charge in [0.15, 0.2) is 0 Å². The number of aromatic hydroxyl groups is 1. The molecule has 184 valence electrons. The van der Waals surface area contributed by atoms with Crippen molar-refractivity contribution < 1.29 is 5.11 Å². The SMILES string of the molecule is Cc1cc(O)c(C(c2ccncc2)N2CCC(Cc3ccccc3)CC2)c(=O)n1Cc1ccccn1. The average Bonchev–Trinajstić information content (AvgIpc) is 2.91. The van der Waals surface area contributed by atoms with Crippen LogP contribution in [-0.2, 0) is 13.0 Å². The van der Waals surface area contributed by atoms with Gasteiger partial charge in [0.2, 0.25) is 0 Å². The Morgan fingerprint density at radius 1 is 0.972 bits per heavy atom. The summed E-state index contributed by atoms with van der Waals surface area (Å²) in [5.41, 5.74) is 4.10. The number of pyridine rings is 3. The van der Waals surface area contributed by atoms with Crippen LogP contribution in [-0.4, -0.2) is 37.6 Å². The van der Waals surface area contributed by atoms with Gasteiger partial charge in [0.1, 0.15) is 5.75 Å². The van der Waals surface area contributed by atoms with E-state index in [1.54, 1.807) is 29.2 Å². The predicted molar refractivity (Wildman–Crippen MR) is 141 cm³/mol. The van der Waals surface area contributed by atoms with Crippen LogP contribution in [0.5, 0.6) is 5.75 Å². The minimum Gasteiger partial charge on any atom is -0.507 e. The third-order valence-electron chi connectivity index (χ3n) is 7.25. The van der Waals surface area contributed by atoms with Crippen molar-refractivity contribution in [3.8, 4) is 5.75 Å². The minimum absolute atomic E-state index is 0.0444. The van der Waals surface area contributed by atoms with E-state index in [0.717, 1.165) is 43.6 Å². The summed E-state index contributed by atoms with van der Waals surface area (Å²) in [7, 11) is 0. The zero-order valence-corrected chi connectivity index (χ0v) is 20.6. The lowest BCUT2D eigenvalue weighted by Crippen LogP contribution is -2.41. The van der Waals surface area contributed by atoms with Crippen LogP contribution in [0.1, 0.15) is 47.0 Å². The monoisotopic (exact) mass is 480 g/mol. The molecule has 0 aliphatic carbocycles. The van der Waals surface area contributed by atoms with Crippen molar-refractivity contribution in [3.63, 3.8) is 0 Å². The highest BCUT2D eigenvalue weighted by Crippen LogP contribution is 2.35. The molecule has 1 saturated heterocycles. The van der Waals surface area contributed by atoms with Gasteiger partial charge in [-0.15, -0.1) is 0 Å². The van der Waals surface area contributed by atoms with Crippen LogP contribution in [0.2, 0.25) is 0 Å². The molecule has 4 heterocycles. The van der Waals surface area contributed by atoms with Gasteiger partial charge in [0.25, 0.3) is 5.56 Å². The second-order valence-electron chi connectivity index (χ2n) is 9.65. The lowest BCUT2D eigenvalue weighted by molar-refractivity contribution is 0.148. The maximum atomic E-state index is 13.9. The van der Waals surface area contributed by atoms with Crippen LogP contribution in [0.15, 0.2) is 90.1 Å². The number of hydrogen-bond donors (Lipinski definition) is 1. The first-order valence-electron chi connectivity index (χ1n) is 12.6. The number of hydrogen-bond acceptors (Lipinski definition) is 5. The Morgan fingerprint density at radius 3 is 2.39 bits per heavy atom. The molecule has 5 rings (SSSR count). The van der Waals surface area contributed by atoms with Crippen molar-refractivity contribution in [1.82, 2.24) is 19.4 Å². The Labute approximate surface area is 211 Å². The largest absolute Gasteiger partial charge is 0.507 e. The Balaban J connectivity index is 1.47. The molecule has 1 unspecified atom stereocenters. The Kier molecular flexibility index (Phi) is 7.23. The van der Waals surface area contributed by atoms with Gasteiger partial charge in [0.05, 0.1) is 23.8 Å². The van der Waals surface area contributed by atoms with E-state index < -0.39 is 0 Å².